The van der Waals surface area contributed by atoms with Gasteiger partial charge in [-0.05, 0) is 24.6 Å². The fraction of sp³-hybridized carbons (Fsp3) is 0.533. The van der Waals surface area contributed by atoms with Gasteiger partial charge in [0.1, 0.15) is 17.5 Å². The molecule has 1 N–H and O–H groups in total. The van der Waals surface area contributed by atoms with Gasteiger partial charge in [-0.1, -0.05) is 13.8 Å². The molecule has 0 radical (unpaired) electrons. The summed E-state index contributed by atoms with van der Waals surface area (Å²) in [5.74, 6) is 1.36. The third kappa shape index (κ3) is 4.13. The van der Waals surface area contributed by atoms with Crippen LogP contribution in [0.4, 0.5) is 0 Å². The van der Waals surface area contributed by atoms with Crippen molar-refractivity contribution < 1.29 is 19.0 Å². The number of esters is 1. The fourth-order valence-electron chi connectivity index (χ4n) is 1.85. The van der Waals surface area contributed by atoms with Crippen molar-refractivity contribution in [3.8, 4) is 11.5 Å². The highest BCUT2D eigenvalue weighted by Crippen LogP contribution is 2.30. The van der Waals surface area contributed by atoms with Crippen LogP contribution in [0.25, 0.3) is 0 Å². The van der Waals surface area contributed by atoms with Crippen LogP contribution in [0.2, 0.25) is 0 Å². The average Bonchev–Trinajstić information content (AvgIpc) is 2.46. The summed E-state index contributed by atoms with van der Waals surface area (Å²) in [5, 5.41) is 3.20. The molecular weight excluding hydrogens is 258 g/mol. The predicted octanol–water partition coefficient (Wildman–Crippen LogP) is 2.16. The molecule has 0 aliphatic heterocycles. The second-order valence-corrected chi connectivity index (χ2v) is 4.87. The molecule has 0 saturated heterocycles. The Balaban J connectivity index is 3.08. The van der Waals surface area contributed by atoms with Crippen molar-refractivity contribution in [3.63, 3.8) is 0 Å². The molecule has 0 heterocycles. The van der Waals surface area contributed by atoms with Gasteiger partial charge in [0, 0.05) is 11.6 Å². The summed E-state index contributed by atoms with van der Waals surface area (Å²) in [4.78, 5) is 12.0. The number of ether oxygens (including phenoxy) is 3. The molecule has 112 valence electrons. The van der Waals surface area contributed by atoms with Crippen molar-refractivity contribution in [2.45, 2.75) is 19.9 Å². The van der Waals surface area contributed by atoms with Crippen LogP contribution in [0.1, 0.15) is 25.5 Å². The molecule has 0 saturated carbocycles. The van der Waals surface area contributed by atoms with Crippen molar-refractivity contribution in [3.05, 3.63) is 23.8 Å². The van der Waals surface area contributed by atoms with E-state index in [-0.39, 0.29) is 5.97 Å². The van der Waals surface area contributed by atoms with E-state index in [2.05, 4.69) is 19.2 Å². The predicted molar refractivity (Wildman–Crippen MR) is 77.1 cm³/mol. The first-order valence-electron chi connectivity index (χ1n) is 6.56. The molecule has 0 amide bonds. The quantitative estimate of drug-likeness (QED) is 0.776. The van der Waals surface area contributed by atoms with Crippen molar-refractivity contribution >= 4 is 5.97 Å². The first-order chi connectivity index (χ1) is 9.53. The number of hydrogen-bond donors (Lipinski definition) is 1. The molecule has 20 heavy (non-hydrogen) atoms. The minimum Gasteiger partial charge on any atom is -0.497 e. The zero-order valence-electron chi connectivity index (χ0n) is 12.7. The van der Waals surface area contributed by atoms with Crippen molar-refractivity contribution in [1.82, 2.24) is 5.32 Å². The van der Waals surface area contributed by atoms with E-state index in [4.69, 9.17) is 14.2 Å². The number of hydrogen-bond acceptors (Lipinski definition) is 5. The smallest absolute Gasteiger partial charge is 0.327 e. The molecule has 0 fully saturated rings. The van der Waals surface area contributed by atoms with E-state index in [1.165, 1.54) is 7.11 Å². The van der Waals surface area contributed by atoms with Gasteiger partial charge in [-0.25, -0.2) is 4.79 Å². The number of nitrogens with one attached hydrogen (secondary N) is 1. The molecule has 0 bridgehead atoms. The third-order valence-electron chi connectivity index (χ3n) is 2.92. The number of methoxy groups -OCH3 is 3. The Morgan fingerprint density at radius 1 is 1.20 bits per heavy atom. The lowest BCUT2D eigenvalue weighted by molar-refractivity contribution is -0.143. The van der Waals surface area contributed by atoms with Gasteiger partial charge in [0.05, 0.1) is 21.3 Å². The second kappa shape index (κ2) is 7.75. The first kappa shape index (κ1) is 16.3. The molecule has 1 rings (SSSR count). The van der Waals surface area contributed by atoms with Gasteiger partial charge in [0.25, 0.3) is 0 Å². The first-order valence-corrected chi connectivity index (χ1v) is 6.56. The standard InChI is InChI=1S/C15H23NO4/c1-10(2)9-16-14(15(17)20-5)12-7-6-11(18-3)8-13(12)19-4/h6-8,10,14,16H,9H2,1-5H3. The molecule has 0 aromatic heterocycles. The topological polar surface area (TPSA) is 56.8 Å². The Morgan fingerprint density at radius 3 is 2.40 bits per heavy atom. The minimum atomic E-state index is -0.553. The number of carbonyl (C=O) groups excluding carboxylic acids is 1. The molecule has 5 nitrogen and oxygen atoms in total. The van der Waals surface area contributed by atoms with Crippen LogP contribution in [0.3, 0.4) is 0 Å². The maximum Gasteiger partial charge on any atom is 0.327 e. The highest BCUT2D eigenvalue weighted by Gasteiger charge is 2.24. The lowest BCUT2D eigenvalue weighted by Crippen LogP contribution is -2.32. The molecular formula is C15H23NO4. The summed E-state index contributed by atoms with van der Waals surface area (Å²) in [7, 11) is 4.53. The normalized spacial score (nSPS) is 12.1. The molecule has 1 aromatic rings. The minimum absolute atomic E-state index is 0.339. The summed E-state index contributed by atoms with van der Waals surface area (Å²) in [5.41, 5.74) is 0.737. The van der Waals surface area contributed by atoms with E-state index in [9.17, 15) is 4.79 Å². The lowest BCUT2D eigenvalue weighted by Gasteiger charge is -2.20. The molecule has 0 aliphatic carbocycles. The molecule has 0 spiro atoms. The Labute approximate surface area is 120 Å². The average molecular weight is 281 g/mol. The second-order valence-electron chi connectivity index (χ2n) is 4.87. The van der Waals surface area contributed by atoms with Crippen LogP contribution in [-0.2, 0) is 9.53 Å². The molecule has 1 aromatic carbocycles. The largest absolute Gasteiger partial charge is 0.497 e. The van der Waals surface area contributed by atoms with Crippen LogP contribution in [0.15, 0.2) is 18.2 Å². The van der Waals surface area contributed by atoms with Gasteiger partial charge in [-0.3, -0.25) is 0 Å². The van der Waals surface area contributed by atoms with Crippen LogP contribution >= 0.6 is 0 Å². The Kier molecular flexibility index (Phi) is 6.31. The maximum absolute atomic E-state index is 12.0. The van der Waals surface area contributed by atoms with Gasteiger partial charge >= 0.3 is 5.97 Å². The summed E-state index contributed by atoms with van der Waals surface area (Å²) in [6.45, 7) is 4.86. The summed E-state index contributed by atoms with van der Waals surface area (Å²) in [6.07, 6.45) is 0. The molecule has 5 heteroatoms. The van der Waals surface area contributed by atoms with Crippen molar-refractivity contribution in [1.29, 1.82) is 0 Å². The van der Waals surface area contributed by atoms with Gasteiger partial charge < -0.3 is 19.5 Å². The van der Waals surface area contributed by atoms with E-state index in [0.717, 1.165) is 5.56 Å². The lowest BCUT2D eigenvalue weighted by atomic mass is 10.0. The molecule has 1 unspecified atom stereocenters. The van der Waals surface area contributed by atoms with Gasteiger partial charge in [-0.15, -0.1) is 0 Å². The van der Waals surface area contributed by atoms with Gasteiger partial charge in [-0.2, -0.15) is 0 Å². The van der Waals surface area contributed by atoms with Crippen molar-refractivity contribution in [2.75, 3.05) is 27.9 Å². The fourth-order valence-corrected chi connectivity index (χ4v) is 1.85. The monoisotopic (exact) mass is 281 g/mol. The van der Waals surface area contributed by atoms with E-state index >= 15 is 0 Å². The summed E-state index contributed by atoms with van der Waals surface area (Å²) < 4.78 is 15.4. The van der Waals surface area contributed by atoms with Crippen LogP contribution in [0.5, 0.6) is 11.5 Å². The van der Waals surface area contributed by atoms with Crippen LogP contribution in [0, 0.1) is 5.92 Å². The Hall–Kier alpha value is -1.75. The maximum atomic E-state index is 12.0. The van der Waals surface area contributed by atoms with Gasteiger partial charge in [0.15, 0.2) is 0 Å². The number of rotatable bonds is 7. The SMILES string of the molecule is COC(=O)C(NCC(C)C)c1ccc(OC)cc1OC. The zero-order chi connectivity index (χ0) is 15.1. The van der Waals surface area contributed by atoms with E-state index in [0.29, 0.717) is 24.0 Å². The van der Waals surface area contributed by atoms with Crippen LogP contribution < -0.4 is 14.8 Å². The third-order valence-corrected chi connectivity index (χ3v) is 2.92. The highest BCUT2D eigenvalue weighted by atomic mass is 16.5. The Morgan fingerprint density at radius 2 is 1.90 bits per heavy atom. The Bertz CT molecular complexity index is 445. The van der Waals surface area contributed by atoms with Crippen molar-refractivity contribution in [2.24, 2.45) is 5.92 Å². The molecule has 0 aliphatic rings. The zero-order valence-corrected chi connectivity index (χ0v) is 12.7. The van der Waals surface area contributed by atoms with E-state index in [1.54, 1.807) is 26.4 Å². The van der Waals surface area contributed by atoms with Crippen LogP contribution in [-0.4, -0.2) is 33.8 Å². The highest BCUT2D eigenvalue weighted by molar-refractivity contribution is 5.78. The van der Waals surface area contributed by atoms with Gasteiger partial charge in [0.2, 0.25) is 0 Å². The molecule has 1 atom stereocenters. The number of benzene rings is 1. The summed E-state index contributed by atoms with van der Waals surface area (Å²) in [6, 6.07) is 4.81. The van der Waals surface area contributed by atoms with E-state index in [1.807, 2.05) is 6.07 Å². The summed E-state index contributed by atoms with van der Waals surface area (Å²) >= 11 is 0. The number of carbonyl (C=O) groups is 1. The van der Waals surface area contributed by atoms with E-state index < -0.39 is 6.04 Å².